The fourth-order valence-electron chi connectivity index (χ4n) is 8.79. The lowest BCUT2D eigenvalue weighted by Gasteiger charge is -2.48. The Morgan fingerprint density at radius 1 is 0.516 bits per heavy atom. The van der Waals surface area contributed by atoms with Crippen molar-refractivity contribution in [1.29, 1.82) is 0 Å². The van der Waals surface area contributed by atoms with E-state index < -0.39 is 88.5 Å². The van der Waals surface area contributed by atoms with Gasteiger partial charge in [0.25, 0.3) is 0 Å². The number of carbonyl (C=O) groups excluding carboxylic acids is 2. The number of alkyl halides is 6. The molecule has 3 N–H and O–H groups in total. The molecule has 21 heteroatoms. The van der Waals surface area contributed by atoms with Gasteiger partial charge >= 0.3 is 12.2 Å². The van der Waals surface area contributed by atoms with Gasteiger partial charge in [0.2, 0.25) is 7.59 Å². The number of rotatable bonds is 17. The Morgan fingerprint density at radius 2 is 0.844 bits per heavy atom. The number of halogens is 6. The third-order valence-corrected chi connectivity index (χ3v) is 14.9. The minimum atomic E-state index is -1.79. The molecule has 15 nitrogen and oxygen atoms in total. The molecule has 4 heterocycles. The summed E-state index contributed by atoms with van der Waals surface area (Å²) in [7, 11) is 0. The Morgan fingerprint density at radius 3 is 1.22 bits per heavy atom. The standard InChI is InChI=1S/C43H70Cl6N2O13/c1-12-13-55-36-28(10)20(2)22(4)31(62-36)16-58-39-35(51-41(54)60-19-43(47,48)49)27(9)25(7)33(64-39)15-56-37-29(11)21(3)23(5)32(63-37)17-57-38-34(26(8)24(6)30(14-52)61-38)50-40(53)59-18-42(44,45)46/h12,20-39,52H,1,13-19H2,2-11H3,(H,50,53)(H,51,54)/t20-,21-,22-,23-,24-,25-,26-,27-,28?,29?,30?,31?,32?,33?,34?,35?,36+,37+,38+,39+/m0/s1. The van der Waals surface area contributed by atoms with Crippen molar-refractivity contribution in [2.24, 2.45) is 59.2 Å². The van der Waals surface area contributed by atoms with E-state index in [-0.39, 0.29) is 91.7 Å². The fraction of sp³-hybridized carbons (Fsp3) is 0.907. The third kappa shape index (κ3) is 15.6. The van der Waals surface area contributed by atoms with Crippen molar-refractivity contribution in [3.05, 3.63) is 12.7 Å². The molecule has 4 rings (SSSR count). The van der Waals surface area contributed by atoms with Crippen molar-refractivity contribution >= 4 is 81.8 Å². The van der Waals surface area contributed by atoms with Gasteiger partial charge in [-0.05, 0) is 47.3 Å². The molecule has 2 amide bonds. The number of alkyl carbamates (subject to hydrolysis) is 2. The average Bonchev–Trinajstić information content (AvgIpc) is 3.23. The van der Waals surface area contributed by atoms with Crippen molar-refractivity contribution < 1.29 is 62.1 Å². The molecule has 8 unspecified atom stereocenters. The van der Waals surface area contributed by atoms with Crippen LogP contribution in [0.1, 0.15) is 69.2 Å². The molecule has 0 bridgehead atoms. The van der Waals surface area contributed by atoms with E-state index >= 15 is 0 Å². The molecule has 372 valence electrons. The number of ether oxygens (including phenoxy) is 10. The summed E-state index contributed by atoms with van der Waals surface area (Å²) in [5, 5.41) is 15.8. The van der Waals surface area contributed by atoms with E-state index in [0.29, 0.717) is 6.61 Å². The molecule has 64 heavy (non-hydrogen) atoms. The van der Waals surface area contributed by atoms with E-state index in [2.05, 4.69) is 58.8 Å². The smallest absolute Gasteiger partial charge is 0.407 e. The molecular weight excluding hydrogens is 965 g/mol. The Balaban J connectivity index is 1.46. The van der Waals surface area contributed by atoms with Gasteiger partial charge in [0.1, 0.15) is 13.2 Å². The van der Waals surface area contributed by atoms with Gasteiger partial charge in [0.05, 0.1) is 69.5 Å². The van der Waals surface area contributed by atoms with Gasteiger partial charge in [-0.15, -0.1) is 6.58 Å². The second kappa shape index (κ2) is 25.0. The third-order valence-electron chi connectivity index (χ3n) is 14.3. The van der Waals surface area contributed by atoms with Crippen LogP contribution in [0.5, 0.6) is 0 Å². The number of hydrogen-bond acceptors (Lipinski definition) is 13. The zero-order valence-corrected chi connectivity index (χ0v) is 42.9. The molecule has 4 aliphatic rings. The summed E-state index contributed by atoms with van der Waals surface area (Å²) in [6, 6.07) is -1.32. The fourth-order valence-corrected chi connectivity index (χ4v) is 9.12. The number of hydrogen-bond donors (Lipinski definition) is 3. The average molecular weight is 1040 g/mol. The van der Waals surface area contributed by atoms with Gasteiger partial charge in [0.15, 0.2) is 25.2 Å². The molecule has 0 aromatic heterocycles. The molecule has 0 spiro atoms. The maximum absolute atomic E-state index is 13.0. The highest BCUT2D eigenvalue weighted by Crippen LogP contribution is 2.40. The van der Waals surface area contributed by atoms with Crippen LogP contribution in [0.25, 0.3) is 0 Å². The Bertz CT molecular complexity index is 1480. The predicted octanol–water partition coefficient (Wildman–Crippen LogP) is 8.42. The van der Waals surface area contributed by atoms with Crippen LogP contribution in [0.3, 0.4) is 0 Å². The van der Waals surface area contributed by atoms with E-state index in [9.17, 15) is 14.7 Å². The summed E-state index contributed by atoms with van der Waals surface area (Å²) < 4.78 is 58.1. The van der Waals surface area contributed by atoms with Crippen LogP contribution in [-0.4, -0.2) is 133 Å². The predicted molar refractivity (Wildman–Crippen MR) is 244 cm³/mol. The number of nitrogens with one attached hydrogen (secondary N) is 2. The van der Waals surface area contributed by atoms with Crippen molar-refractivity contribution in [1.82, 2.24) is 10.6 Å². The van der Waals surface area contributed by atoms with Crippen molar-refractivity contribution in [3.63, 3.8) is 0 Å². The normalized spacial score (nSPS) is 40.9. The van der Waals surface area contributed by atoms with Crippen LogP contribution in [0.4, 0.5) is 9.59 Å². The van der Waals surface area contributed by atoms with Crippen LogP contribution in [-0.2, 0) is 47.4 Å². The van der Waals surface area contributed by atoms with Crippen LogP contribution < -0.4 is 10.6 Å². The second-order valence-electron chi connectivity index (χ2n) is 18.3. The maximum atomic E-state index is 13.0. The number of carbonyl (C=O) groups is 2. The molecule has 20 atom stereocenters. The Labute approximate surface area is 409 Å². The molecule has 0 aromatic carbocycles. The first-order valence-electron chi connectivity index (χ1n) is 22.2. The summed E-state index contributed by atoms with van der Waals surface area (Å²) in [5.74, 6) is 0.00983. The molecule has 4 fully saturated rings. The van der Waals surface area contributed by atoms with E-state index in [0.717, 1.165) is 0 Å². The van der Waals surface area contributed by atoms with Crippen molar-refractivity contribution in [3.8, 4) is 0 Å². The second-order valence-corrected chi connectivity index (χ2v) is 23.3. The van der Waals surface area contributed by atoms with Gasteiger partial charge in [-0.1, -0.05) is 145 Å². The quantitative estimate of drug-likeness (QED) is 0.0938. The highest BCUT2D eigenvalue weighted by atomic mass is 35.6. The lowest BCUT2D eigenvalue weighted by atomic mass is 9.79. The van der Waals surface area contributed by atoms with E-state index in [1.807, 2.05) is 27.7 Å². The van der Waals surface area contributed by atoms with Crippen molar-refractivity contribution in [2.45, 2.75) is 138 Å². The first-order valence-corrected chi connectivity index (χ1v) is 24.4. The zero-order valence-electron chi connectivity index (χ0n) is 38.4. The van der Waals surface area contributed by atoms with Crippen LogP contribution >= 0.6 is 69.6 Å². The maximum Gasteiger partial charge on any atom is 0.407 e. The monoisotopic (exact) mass is 1030 g/mol. The molecule has 0 radical (unpaired) electrons. The van der Waals surface area contributed by atoms with E-state index in [1.165, 1.54) is 0 Å². The first-order chi connectivity index (χ1) is 29.9. The largest absolute Gasteiger partial charge is 0.445 e. The van der Waals surface area contributed by atoms with E-state index in [1.54, 1.807) is 6.08 Å². The van der Waals surface area contributed by atoms with Crippen LogP contribution in [0.15, 0.2) is 12.7 Å². The molecule has 0 saturated carbocycles. The zero-order chi connectivity index (χ0) is 47.8. The minimum Gasteiger partial charge on any atom is -0.445 e. The van der Waals surface area contributed by atoms with Crippen molar-refractivity contribution in [2.75, 3.05) is 46.2 Å². The van der Waals surface area contributed by atoms with Crippen LogP contribution in [0.2, 0.25) is 0 Å². The highest BCUT2D eigenvalue weighted by Gasteiger charge is 2.48. The van der Waals surface area contributed by atoms with Gasteiger partial charge in [0, 0.05) is 11.8 Å². The Kier molecular flexibility index (Phi) is 22.0. The molecule has 4 aliphatic heterocycles. The lowest BCUT2D eigenvalue weighted by Crippen LogP contribution is -2.60. The molecule has 4 saturated heterocycles. The highest BCUT2D eigenvalue weighted by molar-refractivity contribution is 6.68. The molecular formula is C43H70Cl6N2O13. The van der Waals surface area contributed by atoms with Crippen LogP contribution in [0, 0.1) is 59.2 Å². The lowest BCUT2D eigenvalue weighted by molar-refractivity contribution is -0.306. The molecule has 0 aromatic rings. The summed E-state index contributed by atoms with van der Waals surface area (Å²) in [6.07, 6.45) is -4.69. The topological polar surface area (TPSA) is 171 Å². The molecule has 0 aliphatic carbocycles. The summed E-state index contributed by atoms with van der Waals surface area (Å²) >= 11 is 35.0. The van der Waals surface area contributed by atoms with E-state index in [4.69, 9.17) is 117 Å². The van der Waals surface area contributed by atoms with Gasteiger partial charge in [-0.25, -0.2) is 9.59 Å². The SMILES string of the molecule is C=CCO[C@@H]1OC(CO[C@@H]2OC(CO[C@@H]3OC(CO[C@@H]4OC(CO)[C@@H](C)[C@H](C)C4NC(=O)OCC(Cl)(Cl)Cl)[C@@H](C)[C@H](C)C3C)[C@@H](C)[C@H](C)C2NC(=O)OCC(Cl)(Cl)Cl)[C@@H](C)[C@H](C)C1C. The Hall–Kier alpha value is -0.340. The van der Waals surface area contributed by atoms with Gasteiger partial charge in [-0.2, -0.15) is 0 Å². The number of amides is 2. The first kappa shape index (κ1) is 56.2. The summed E-state index contributed by atoms with van der Waals surface area (Å²) in [5.41, 5.74) is 0. The van der Waals surface area contributed by atoms with Gasteiger partial charge in [-0.3, -0.25) is 0 Å². The summed E-state index contributed by atoms with van der Waals surface area (Å²) in [4.78, 5) is 25.8. The number of aliphatic hydroxyl groups is 1. The van der Waals surface area contributed by atoms with Gasteiger partial charge < -0.3 is 63.1 Å². The number of aliphatic hydroxyl groups excluding tert-OH is 1. The summed E-state index contributed by atoms with van der Waals surface area (Å²) in [6.45, 7) is 23.9. The minimum absolute atomic E-state index is 0.0185.